The van der Waals surface area contributed by atoms with Crippen molar-refractivity contribution in [2.24, 2.45) is 0 Å². The fourth-order valence-corrected chi connectivity index (χ4v) is 2.78. The van der Waals surface area contributed by atoms with Gasteiger partial charge in [0, 0.05) is 6.07 Å². The minimum Gasteiger partial charge on any atom is -0.494 e. The number of nitro groups is 1. The zero-order valence-corrected chi connectivity index (χ0v) is 14.7. The molecule has 0 saturated carbocycles. The summed E-state index contributed by atoms with van der Waals surface area (Å²) in [7, 11) is 0. The first kappa shape index (κ1) is 18.4. The standard InChI is InChI=1S/C19H18N2O6/c1-2-11-26-13-6-8-14(9-7-13)27-12-10-20-18(22)15-4-3-5-16(21(24)25)17(15)19(20)23/h3-9H,2,10-12H2,1H3. The summed E-state index contributed by atoms with van der Waals surface area (Å²) in [5, 5.41) is 11.1. The lowest BCUT2D eigenvalue weighted by molar-refractivity contribution is -0.385. The number of hydrogen-bond donors (Lipinski definition) is 0. The largest absolute Gasteiger partial charge is 0.494 e. The third-order valence-electron chi connectivity index (χ3n) is 4.05. The summed E-state index contributed by atoms with van der Waals surface area (Å²) in [5.41, 5.74) is -0.478. The summed E-state index contributed by atoms with van der Waals surface area (Å²) in [4.78, 5) is 36.2. The van der Waals surface area contributed by atoms with Gasteiger partial charge in [-0.25, -0.2) is 0 Å². The number of carbonyl (C=O) groups excluding carboxylic acids is 2. The van der Waals surface area contributed by atoms with Gasteiger partial charge in [0.15, 0.2) is 0 Å². The molecule has 0 fully saturated rings. The quantitative estimate of drug-likeness (QED) is 0.402. The predicted molar refractivity (Wildman–Crippen MR) is 96.2 cm³/mol. The number of amides is 2. The molecule has 0 aromatic heterocycles. The molecule has 0 radical (unpaired) electrons. The molecule has 2 aromatic carbocycles. The maximum Gasteiger partial charge on any atom is 0.282 e. The van der Waals surface area contributed by atoms with Crippen LogP contribution in [0, 0.1) is 10.1 Å². The number of rotatable bonds is 8. The second kappa shape index (κ2) is 7.86. The summed E-state index contributed by atoms with van der Waals surface area (Å²) >= 11 is 0. The molecule has 0 bridgehead atoms. The van der Waals surface area contributed by atoms with Gasteiger partial charge in [-0.3, -0.25) is 24.6 Å². The summed E-state index contributed by atoms with van der Waals surface area (Å²) in [6, 6.07) is 11.0. The Kier molecular flexibility index (Phi) is 5.35. The Bertz CT molecular complexity index is 878. The van der Waals surface area contributed by atoms with Crippen LogP contribution in [0.25, 0.3) is 0 Å². The van der Waals surface area contributed by atoms with E-state index in [4.69, 9.17) is 9.47 Å². The predicted octanol–water partition coefficient (Wildman–Crippen LogP) is 3.06. The van der Waals surface area contributed by atoms with Crippen molar-refractivity contribution in [2.75, 3.05) is 19.8 Å². The number of hydrogen-bond acceptors (Lipinski definition) is 6. The molecule has 0 saturated heterocycles. The summed E-state index contributed by atoms with van der Waals surface area (Å²) < 4.78 is 11.0. The van der Waals surface area contributed by atoms with E-state index in [9.17, 15) is 19.7 Å². The first-order chi connectivity index (χ1) is 13.0. The molecule has 0 spiro atoms. The van der Waals surface area contributed by atoms with E-state index >= 15 is 0 Å². The molecule has 1 aliphatic heterocycles. The van der Waals surface area contributed by atoms with Crippen LogP contribution in [0.5, 0.6) is 11.5 Å². The van der Waals surface area contributed by atoms with Crippen LogP contribution in [0.15, 0.2) is 42.5 Å². The first-order valence-corrected chi connectivity index (χ1v) is 8.52. The lowest BCUT2D eigenvalue weighted by Crippen LogP contribution is -2.33. The maximum atomic E-state index is 12.4. The molecule has 1 aliphatic rings. The van der Waals surface area contributed by atoms with Crippen LogP contribution in [0.1, 0.15) is 34.1 Å². The average molecular weight is 370 g/mol. The molecule has 0 N–H and O–H groups in total. The SMILES string of the molecule is CCCOc1ccc(OCCN2C(=O)c3cccc([N+](=O)[O-])c3C2=O)cc1. The Morgan fingerprint density at radius 2 is 1.59 bits per heavy atom. The second-order valence-electron chi connectivity index (χ2n) is 5.89. The Morgan fingerprint density at radius 3 is 2.19 bits per heavy atom. The molecule has 0 unspecified atom stereocenters. The van der Waals surface area contributed by atoms with E-state index in [0.29, 0.717) is 12.4 Å². The van der Waals surface area contributed by atoms with E-state index in [1.165, 1.54) is 18.2 Å². The highest BCUT2D eigenvalue weighted by Crippen LogP contribution is 2.30. The van der Waals surface area contributed by atoms with Crippen LogP contribution in [0.3, 0.4) is 0 Å². The Labute approximate surface area is 155 Å². The van der Waals surface area contributed by atoms with Gasteiger partial charge in [0.1, 0.15) is 23.7 Å². The summed E-state index contributed by atoms with van der Waals surface area (Å²) in [5.74, 6) is 0.0816. The lowest BCUT2D eigenvalue weighted by Gasteiger charge is -2.14. The molecule has 0 atom stereocenters. The normalized spacial score (nSPS) is 12.9. The highest BCUT2D eigenvalue weighted by Gasteiger charge is 2.40. The molecule has 8 nitrogen and oxygen atoms in total. The van der Waals surface area contributed by atoms with E-state index in [1.807, 2.05) is 6.92 Å². The lowest BCUT2D eigenvalue weighted by atomic mass is 10.1. The second-order valence-corrected chi connectivity index (χ2v) is 5.89. The zero-order chi connectivity index (χ0) is 19.4. The van der Waals surface area contributed by atoms with Gasteiger partial charge in [-0.2, -0.15) is 0 Å². The summed E-state index contributed by atoms with van der Waals surface area (Å²) in [6.07, 6.45) is 0.913. The molecule has 1 heterocycles. The monoisotopic (exact) mass is 370 g/mol. The molecule has 0 aliphatic carbocycles. The molecular formula is C19H18N2O6. The Balaban J connectivity index is 1.62. The van der Waals surface area contributed by atoms with Crippen LogP contribution in [0.2, 0.25) is 0 Å². The third-order valence-corrected chi connectivity index (χ3v) is 4.05. The van der Waals surface area contributed by atoms with Crippen molar-refractivity contribution >= 4 is 17.5 Å². The number of imide groups is 1. The van der Waals surface area contributed by atoms with Crippen molar-refractivity contribution in [1.82, 2.24) is 4.90 Å². The Morgan fingerprint density at radius 1 is 0.963 bits per heavy atom. The van der Waals surface area contributed by atoms with Gasteiger partial charge in [0.2, 0.25) is 0 Å². The Hall–Kier alpha value is -3.42. The van der Waals surface area contributed by atoms with Gasteiger partial charge in [-0.1, -0.05) is 13.0 Å². The fraction of sp³-hybridized carbons (Fsp3) is 0.263. The molecule has 3 rings (SSSR count). The van der Waals surface area contributed by atoms with Gasteiger partial charge in [-0.15, -0.1) is 0 Å². The minimum atomic E-state index is -0.672. The van der Waals surface area contributed by atoms with Crippen LogP contribution < -0.4 is 9.47 Å². The number of benzene rings is 2. The molecule has 8 heteroatoms. The van der Waals surface area contributed by atoms with E-state index < -0.39 is 16.7 Å². The maximum absolute atomic E-state index is 12.4. The van der Waals surface area contributed by atoms with Crippen LogP contribution in [-0.4, -0.2) is 41.4 Å². The molecule has 140 valence electrons. The zero-order valence-electron chi connectivity index (χ0n) is 14.7. The third kappa shape index (κ3) is 3.74. The summed E-state index contributed by atoms with van der Waals surface area (Å²) in [6.45, 7) is 2.73. The van der Waals surface area contributed by atoms with Crippen LogP contribution >= 0.6 is 0 Å². The van der Waals surface area contributed by atoms with Crippen molar-refractivity contribution in [3.8, 4) is 11.5 Å². The van der Waals surface area contributed by atoms with Gasteiger partial charge in [-0.05, 0) is 36.8 Å². The molecular weight excluding hydrogens is 352 g/mol. The van der Waals surface area contributed by atoms with E-state index in [1.54, 1.807) is 24.3 Å². The number of fused-ring (bicyclic) bond motifs is 1. The van der Waals surface area contributed by atoms with E-state index in [-0.39, 0.29) is 30.0 Å². The van der Waals surface area contributed by atoms with Crippen LogP contribution in [0.4, 0.5) is 5.69 Å². The number of ether oxygens (including phenoxy) is 2. The molecule has 2 aromatic rings. The van der Waals surface area contributed by atoms with E-state index in [2.05, 4.69) is 0 Å². The number of nitrogens with zero attached hydrogens (tertiary/aromatic N) is 2. The van der Waals surface area contributed by atoms with Gasteiger partial charge < -0.3 is 9.47 Å². The van der Waals surface area contributed by atoms with Crippen molar-refractivity contribution in [3.05, 3.63) is 63.7 Å². The first-order valence-electron chi connectivity index (χ1n) is 8.52. The minimum absolute atomic E-state index is 0.00239. The highest BCUT2D eigenvalue weighted by atomic mass is 16.6. The van der Waals surface area contributed by atoms with Crippen molar-refractivity contribution in [1.29, 1.82) is 0 Å². The highest BCUT2D eigenvalue weighted by molar-refractivity contribution is 6.23. The van der Waals surface area contributed by atoms with Crippen molar-refractivity contribution in [2.45, 2.75) is 13.3 Å². The average Bonchev–Trinajstić information content (AvgIpc) is 2.92. The fourth-order valence-electron chi connectivity index (χ4n) is 2.78. The number of carbonyl (C=O) groups is 2. The molecule has 27 heavy (non-hydrogen) atoms. The topological polar surface area (TPSA) is 99.0 Å². The van der Waals surface area contributed by atoms with Gasteiger partial charge in [0.25, 0.3) is 17.5 Å². The smallest absolute Gasteiger partial charge is 0.282 e. The van der Waals surface area contributed by atoms with E-state index in [0.717, 1.165) is 17.1 Å². The van der Waals surface area contributed by atoms with Crippen LogP contribution in [-0.2, 0) is 0 Å². The number of nitro benzene ring substituents is 1. The van der Waals surface area contributed by atoms with Crippen molar-refractivity contribution < 1.29 is 24.0 Å². The molecule has 2 amide bonds. The van der Waals surface area contributed by atoms with Gasteiger partial charge in [0.05, 0.1) is 23.6 Å². The van der Waals surface area contributed by atoms with Gasteiger partial charge >= 0.3 is 0 Å². The van der Waals surface area contributed by atoms with Crippen molar-refractivity contribution in [3.63, 3.8) is 0 Å².